The lowest BCUT2D eigenvalue weighted by Gasteiger charge is -2.14. The summed E-state index contributed by atoms with van der Waals surface area (Å²) in [4.78, 5) is 11.2. The summed E-state index contributed by atoms with van der Waals surface area (Å²) in [6.07, 6.45) is -0.703. The first-order valence-corrected chi connectivity index (χ1v) is 7.52. The first kappa shape index (κ1) is 18.3. The molecule has 0 fully saturated rings. The number of carbonyl (C=O) groups is 1. The van der Waals surface area contributed by atoms with Crippen LogP contribution in [-0.4, -0.2) is 48.6 Å². The normalized spacial score (nSPS) is 13.0. The predicted octanol–water partition coefficient (Wildman–Crippen LogP) is 0.322. The number of nitriles is 1. The van der Waals surface area contributed by atoms with Gasteiger partial charge in [-0.05, 0) is 19.1 Å². The van der Waals surface area contributed by atoms with Crippen LogP contribution in [-0.2, 0) is 4.79 Å². The Kier molecular flexibility index (Phi) is 8.36. The Balaban J connectivity index is 2.18. The summed E-state index contributed by atoms with van der Waals surface area (Å²) in [5, 5.41) is 24.1. The highest BCUT2D eigenvalue weighted by atomic mass is 32.1. The van der Waals surface area contributed by atoms with Crippen molar-refractivity contribution in [3.05, 3.63) is 29.8 Å². The Morgan fingerprint density at radius 1 is 1.45 bits per heavy atom. The molecule has 1 amide bonds. The average Bonchev–Trinajstić information content (AvgIpc) is 2.52. The van der Waals surface area contributed by atoms with Gasteiger partial charge in [0.05, 0.1) is 10.8 Å². The van der Waals surface area contributed by atoms with Gasteiger partial charge in [-0.15, -0.1) is 0 Å². The lowest BCUT2D eigenvalue weighted by Crippen LogP contribution is -2.38. The molecule has 1 aromatic carbocycles. The van der Waals surface area contributed by atoms with Crippen molar-refractivity contribution in [2.24, 2.45) is 0 Å². The molecule has 0 bridgehead atoms. The Bertz CT molecular complexity index is 517. The molecule has 120 valence electrons. The molecule has 0 aliphatic heterocycles. The van der Waals surface area contributed by atoms with Crippen molar-refractivity contribution in [1.82, 2.24) is 10.6 Å². The minimum Gasteiger partial charge on any atom is -0.489 e. The summed E-state index contributed by atoms with van der Waals surface area (Å²) >= 11 is 4.02. The standard InChI is InChI=1S/C15H21N3O3S/c1-11(22)15(20)18-7-6-17-9-13(19)10-21-14-5-3-2-4-12(14)8-16/h2-5,11,13,17,19,22H,6-7,9-10H2,1H3,(H,18,20). The molecule has 0 saturated carbocycles. The molecule has 0 aromatic heterocycles. The fourth-order valence-electron chi connectivity index (χ4n) is 1.62. The Morgan fingerprint density at radius 3 is 2.86 bits per heavy atom. The molecule has 6 nitrogen and oxygen atoms in total. The number of amides is 1. The van der Waals surface area contributed by atoms with Crippen molar-refractivity contribution in [3.63, 3.8) is 0 Å². The van der Waals surface area contributed by atoms with Gasteiger partial charge >= 0.3 is 0 Å². The average molecular weight is 323 g/mol. The number of aliphatic hydroxyl groups is 1. The van der Waals surface area contributed by atoms with E-state index in [1.54, 1.807) is 31.2 Å². The maximum atomic E-state index is 11.2. The summed E-state index contributed by atoms with van der Waals surface area (Å²) in [6.45, 7) is 3.13. The minimum absolute atomic E-state index is 0.0890. The third-order valence-corrected chi connectivity index (χ3v) is 3.03. The van der Waals surface area contributed by atoms with Crippen molar-refractivity contribution >= 4 is 18.5 Å². The molecule has 0 aliphatic rings. The van der Waals surface area contributed by atoms with Gasteiger partial charge in [-0.25, -0.2) is 0 Å². The summed E-state index contributed by atoms with van der Waals surface area (Å²) in [5.74, 6) is 0.334. The molecule has 7 heteroatoms. The summed E-state index contributed by atoms with van der Waals surface area (Å²) in [7, 11) is 0. The highest BCUT2D eigenvalue weighted by molar-refractivity contribution is 7.81. The Labute approximate surface area is 135 Å². The van der Waals surface area contributed by atoms with E-state index in [1.165, 1.54) is 0 Å². The second-order valence-corrected chi connectivity index (χ2v) is 5.52. The van der Waals surface area contributed by atoms with Crippen LogP contribution in [0.3, 0.4) is 0 Å². The van der Waals surface area contributed by atoms with E-state index < -0.39 is 6.10 Å². The number of benzene rings is 1. The van der Waals surface area contributed by atoms with Gasteiger partial charge < -0.3 is 20.5 Å². The molecule has 0 aliphatic carbocycles. The maximum Gasteiger partial charge on any atom is 0.232 e. The number of nitrogens with one attached hydrogen (secondary N) is 2. The number of ether oxygens (including phenoxy) is 1. The highest BCUT2D eigenvalue weighted by Gasteiger charge is 2.08. The smallest absolute Gasteiger partial charge is 0.232 e. The van der Waals surface area contributed by atoms with Gasteiger partial charge in [-0.2, -0.15) is 17.9 Å². The molecule has 1 rings (SSSR count). The van der Waals surface area contributed by atoms with E-state index in [2.05, 4.69) is 23.3 Å². The zero-order valence-electron chi connectivity index (χ0n) is 12.5. The van der Waals surface area contributed by atoms with Crippen LogP contribution in [0.2, 0.25) is 0 Å². The lowest BCUT2D eigenvalue weighted by molar-refractivity contribution is -0.120. The molecule has 2 atom stereocenters. The lowest BCUT2D eigenvalue weighted by atomic mass is 10.2. The quantitative estimate of drug-likeness (QED) is 0.388. The number of para-hydroxylation sites is 1. The molecule has 1 aromatic rings. The zero-order chi connectivity index (χ0) is 16.4. The summed E-state index contributed by atoms with van der Waals surface area (Å²) < 4.78 is 5.42. The summed E-state index contributed by atoms with van der Waals surface area (Å²) in [5.41, 5.74) is 0.436. The summed E-state index contributed by atoms with van der Waals surface area (Å²) in [6, 6.07) is 8.90. The number of hydrogen-bond acceptors (Lipinski definition) is 6. The third kappa shape index (κ3) is 6.80. The van der Waals surface area contributed by atoms with Crippen LogP contribution in [0.1, 0.15) is 12.5 Å². The number of thiol groups is 1. The minimum atomic E-state index is -0.703. The molecule has 22 heavy (non-hydrogen) atoms. The zero-order valence-corrected chi connectivity index (χ0v) is 13.3. The largest absolute Gasteiger partial charge is 0.489 e. The van der Waals surface area contributed by atoms with Crippen LogP contribution in [0.4, 0.5) is 0 Å². The van der Waals surface area contributed by atoms with E-state index >= 15 is 0 Å². The number of aliphatic hydroxyl groups excluding tert-OH is 1. The van der Waals surface area contributed by atoms with E-state index in [0.717, 1.165) is 0 Å². The van der Waals surface area contributed by atoms with E-state index in [4.69, 9.17) is 10.00 Å². The molecular formula is C15H21N3O3S. The molecule has 2 unspecified atom stereocenters. The van der Waals surface area contributed by atoms with Crippen molar-refractivity contribution in [1.29, 1.82) is 5.26 Å². The van der Waals surface area contributed by atoms with Gasteiger partial charge in [0.15, 0.2) is 0 Å². The fraction of sp³-hybridized carbons (Fsp3) is 0.467. The van der Waals surface area contributed by atoms with Crippen molar-refractivity contribution in [2.45, 2.75) is 18.3 Å². The van der Waals surface area contributed by atoms with Gasteiger partial charge in [-0.3, -0.25) is 4.79 Å². The van der Waals surface area contributed by atoms with Crippen molar-refractivity contribution in [3.8, 4) is 11.8 Å². The van der Waals surface area contributed by atoms with E-state index in [-0.39, 0.29) is 17.8 Å². The molecule has 0 radical (unpaired) electrons. The molecule has 0 saturated heterocycles. The molecule has 0 spiro atoms. The van der Waals surface area contributed by atoms with E-state index in [9.17, 15) is 9.90 Å². The number of nitrogens with zero attached hydrogens (tertiary/aromatic N) is 1. The van der Waals surface area contributed by atoms with Crippen LogP contribution in [0.15, 0.2) is 24.3 Å². The van der Waals surface area contributed by atoms with Crippen LogP contribution in [0.5, 0.6) is 5.75 Å². The van der Waals surface area contributed by atoms with Gasteiger partial charge in [0.25, 0.3) is 0 Å². The topological polar surface area (TPSA) is 94.4 Å². The van der Waals surface area contributed by atoms with Crippen LogP contribution in [0.25, 0.3) is 0 Å². The van der Waals surface area contributed by atoms with Crippen molar-refractivity contribution in [2.75, 3.05) is 26.2 Å². The van der Waals surface area contributed by atoms with Crippen LogP contribution < -0.4 is 15.4 Å². The molecule has 0 heterocycles. The Morgan fingerprint density at radius 2 is 2.18 bits per heavy atom. The number of hydrogen-bond donors (Lipinski definition) is 4. The second kappa shape index (κ2) is 10.1. The number of rotatable bonds is 9. The third-order valence-electron chi connectivity index (χ3n) is 2.80. The molecule has 3 N–H and O–H groups in total. The SMILES string of the molecule is CC(S)C(=O)NCCNCC(O)COc1ccccc1C#N. The van der Waals surface area contributed by atoms with Crippen molar-refractivity contribution < 1.29 is 14.6 Å². The van der Waals surface area contributed by atoms with E-state index in [0.29, 0.717) is 30.9 Å². The second-order valence-electron chi connectivity index (χ2n) is 4.74. The van der Waals surface area contributed by atoms with Gasteiger partial charge in [0.2, 0.25) is 5.91 Å². The van der Waals surface area contributed by atoms with E-state index in [1.807, 2.05) is 6.07 Å². The fourth-order valence-corrected chi connectivity index (χ4v) is 1.71. The van der Waals surface area contributed by atoms with Crippen LogP contribution >= 0.6 is 12.6 Å². The van der Waals surface area contributed by atoms with Gasteiger partial charge in [0, 0.05) is 19.6 Å². The number of carbonyl (C=O) groups excluding carboxylic acids is 1. The first-order valence-electron chi connectivity index (χ1n) is 7.01. The molecular weight excluding hydrogens is 302 g/mol. The predicted molar refractivity (Wildman–Crippen MR) is 87.0 cm³/mol. The van der Waals surface area contributed by atoms with Gasteiger partial charge in [0.1, 0.15) is 24.5 Å². The highest BCUT2D eigenvalue weighted by Crippen LogP contribution is 2.16. The first-order chi connectivity index (χ1) is 10.5. The maximum absolute atomic E-state index is 11.2. The Hall–Kier alpha value is -1.75. The van der Waals surface area contributed by atoms with Crippen LogP contribution in [0, 0.1) is 11.3 Å². The monoisotopic (exact) mass is 323 g/mol. The van der Waals surface area contributed by atoms with Gasteiger partial charge in [-0.1, -0.05) is 12.1 Å².